The Bertz CT molecular complexity index is 721. The highest BCUT2D eigenvalue weighted by Gasteiger charge is 2.17. The van der Waals surface area contributed by atoms with Crippen molar-refractivity contribution in [2.75, 3.05) is 20.2 Å². The van der Waals surface area contributed by atoms with Gasteiger partial charge in [0.1, 0.15) is 18.5 Å². The summed E-state index contributed by atoms with van der Waals surface area (Å²) in [4.78, 5) is 8.57. The highest BCUT2D eigenvalue weighted by Crippen LogP contribution is 2.23. The molecule has 1 aliphatic rings. The van der Waals surface area contributed by atoms with E-state index in [2.05, 4.69) is 20.6 Å². The Morgan fingerprint density at radius 2 is 1.93 bits per heavy atom. The fourth-order valence-corrected chi connectivity index (χ4v) is 3.06. The first kappa shape index (κ1) is 22.3. The minimum Gasteiger partial charge on any atom is -0.492 e. The zero-order valence-electron chi connectivity index (χ0n) is 16.3. The molecule has 7 heteroatoms. The van der Waals surface area contributed by atoms with E-state index in [4.69, 9.17) is 9.47 Å². The molecule has 0 saturated heterocycles. The fraction of sp³-hybridized carbons (Fsp3) is 0.429. The number of nitrogens with zero attached hydrogens (tertiary/aromatic N) is 2. The van der Waals surface area contributed by atoms with E-state index in [1.54, 1.807) is 13.2 Å². The smallest absolute Gasteiger partial charge is 0.213 e. The molecule has 0 bridgehead atoms. The minimum absolute atomic E-state index is 0. The number of guanidine groups is 1. The van der Waals surface area contributed by atoms with Crippen molar-refractivity contribution in [2.24, 2.45) is 4.99 Å². The maximum Gasteiger partial charge on any atom is 0.213 e. The minimum atomic E-state index is 0. The quantitative estimate of drug-likeness (QED) is 0.252. The lowest BCUT2D eigenvalue weighted by Crippen LogP contribution is -2.38. The number of nitrogens with one attached hydrogen (secondary N) is 2. The number of hydrogen-bond donors (Lipinski definition) is 2. The van der Waals surface area contributed by atoms with Crippen LogP contribution in [-0.2, 0) is 6.54 Å². The summed E-state index contributed by atoms with van der Waals surface area (Å²) in [5.74, 6) is 2.32. The van der Waals surface area contributed by atoms with Crippen molar-refractivity contribution in [2.45, 2.75) is 38.3 Å². The third-order valence-corrected chi connectivity index (χ3v) is 4.48. The Labute approximate surface area is 184 Å². The molecule has 1 aromatic heterocycles. The van der Waals surface area contributed by atoms with Gasteiger partial charge in [-0.2, -0.15) is 0 Å². The number of hydrogen-bond acceptors (Lipinski definition) is 4. The normalized spacial score (nSPS) is 14.2. The van der Waals surface area contributed by atoms with E-state index in [0.717, 1.165) is 30.1 Å². The maximum atomic E-state index is 5.97. The van der Waals surface area contributed by atoms with Crippen molar-refractivity contribution >= 4 is 29.9 Å². The summed E-state index contributed by atoms with van der Waals surface area (Å²) in [7, 11) is 1.76. The molecule has 2 aromatic rings. The van der Waals surface area contributed by atoms with Gasteiger partial charge in [-0.1, -0.05) is 18.2 Å². The highest BCUT2D eigenvalue weighted by molar-refractivity contribution is 14.0. The number of aliphatic imine (C=N–C) groups is 1. The molecule has 2 N–H and O–H groups in total. The SMILES string of the molecule is CN=C(NCCOc1ccccc1)NCc1ccnc(OC2CCCC2)c1.I. The monoisotopic (exact) mass is 496 g/mol. The van der Waals surface area contributed by atoms with Gasteiger partial charge in [-0.05, 0) is 49.4 Å². The Hall–Kier alpha value is -2.03. The summed E-state index contributed by atoms with van der Waals surface area (Å²) in [5.41, 5.74) is 1.11. The van der Waals surface area contributed by atoms with Gasteiger partial charge in [-0.15, -0.1) is 24.0 Å². The van der Waals surface area contributed by atoms with E-state index in [1.165, 1.54) is 12.8 Å². The molecule has 0 atom stereocenters. The van der Waals surface area contributed by atoms with Gasteiger partial charge in [0.05, 0.1) is 6.54 Å². The van der Waals surface area contributed by atoms with E-state index in [-0.39, 0.29) is 24.0 Å². The van der Waals surface area contributed by atoms with Gasteiger partial charge in [0.15, 0.2) is 5.96 Å². The first-order valence-electron chi connectivity index (χ1n) is 9.57. The molecule has 0 aliphatic heterocycles. The number of pyridine rings is 1. The molecule has 0 unspecified atom stereocenters. The van der Waals surface area contributed by atoms with Crippen molar-refractivity contribution in [3.63, 3.8) is 0 Å². The van der Waals surface area contributed by atoms with Gasteiger partial charge in [0.25, 0.3) is 0 Å². The number of para-hydroxylation sites is 1. The summed E-state index contributed by atoms with van der Waals surface area (Å²) >= 11 is 0. The number of aromatic nitrogens is 1. The number of rotatable bonds is 8. The molecule has 1 heterocycles. The highest BCUT2D eigenvalue weighted by atomic mass is 127. The average molecular weight is 496 g/mol. The molecule has 0 amide bonds. The number of benzene rings is 1. The summed E-state index contributed by atoms with van der Waals surface area (Å²) in [6, 6.07) is 13.8. The first-order valence-corrected chi connectivity index (χ1v) is 9.57. The van der Waals surface area contributed by atoms with Crippen LogP contribution in [0.15, 0.2) is 53.7 Å². The van der Waals surface area contributed by atoms with Crippen molar-refractivity contribution in [3.8, 4) is 11.6 Å². The van der Waals surface area contributed by atoms with Crippen molar-refractivity contribution in [3.05, 3.63) is 54.2 Å². The van der Waals surface area contributed by atoms with E-state index in [1.807, 2.05) is 42.5 Å². The van der Waals surface area contributed by atoms with Crippen LogP contribution >= 0.6 is 24.0 Å². The molecule has 0 spiro atoms. The largest absolute Gasteiger partial charge is 0.492 e. The van der Waals surface area contributed by atoms with Crippen LogP contribution in [0.3, 0.4) is 0 Å². The molecule has 1 aliphatic carbocycles. The van der Waals surface area contributed by atoms with Crippen LogP contribution in [0.2, 0.25) is 0 Å². The van der Waals surface area contributed by atoms with Crippen LogP contribution in [0.4, 0.5) is 0 Å². The molecule has 28 heavy (non-hydrogen) atoms. The lowest BCUT2D eigenvalue weighted by atomic mass is 10.2. The lowest BCUT2D eigenvalue weighted by Gasteiger charge is -2.14. The topological polar surface area (TPSA) is 67.8 Å². The molecule has 1 aromatic carbocycles. The third-order valence-electron chi connectivity index (χ3n) is 4.48. The lowest BCUT2D eigenvalue weighted by molar-refractivity contribution is 0.201. The van der Waals surface area contributed by atoms with Gasteiger partial charge in [0.2, 0.25) is 5.88 Å². The Kier molecular flexibility index (Phi) is 9.88. The van der Waals surface area contributed by atoms with Crippen LogP contribution < -0.4 is 20.1 Å². The molecular weight excluding hydrogens is 467 g/mol. The van der Waals surface area contributed by atoms with Gasteiger partial charge in [-0.3, -0.25) is 4.99 Å². The van der Waals surface area contributed by atoms with E-state index < -0.39 is 0 Å². The van der Waals surface area contributed by atoms with Crippen LogP contribution in [0.5, 0.6) is 11.6 Å². The predicted octanol–water partition coefficient (Wildman–Crippen LogP) is 3.77. The molecule has 6 nitrogen and oxygen atoms in total. The zero-order valence-corrected chi connectivity index (χ0v) is 18.6. The summed E-state index contributed by atoms with van der Waals surface area (Å²) in [6.45, 7) is 1.89. The third kappa shape index (κ3) is 7.53. The summed E-state index contributed by atoms with van der Waals surface area (Å²) in [5, 5.41) is 6.56. The molecular formula is C21H29IN4O2. The molecule has 152 valence electrons. The zero-order chi connectivity index (χ0) is 18.7. The van der Waals surface area contributed by atoms with Crippen molar-refractivity contribution < 1.29 is 9.47 Å². The second kappa shape index (κ2) is 12.4. The molecule has 1 saturated carbocycles. The van der Waals surface area contributed by atoms with Crippen LogP contribution in [-0.4, -0.2) is 37.2 Å². The first-order chi connectivity index (χ1) is 13.3. The van der Waals surface area contributed by atoms with Gasteiger partial charge in [-0.25, -0.2) is 4.98 Å². The van der Waals surface area contributed by atoms with Crippen molar-refractivity contribution in [1.82, 2.24) is 15.6 Å². The van der Waals surface area contributed by atoms with E-state index in [0.29, 0.717) is 31.7 Å². The van der Waals surface area contributed by atoms with Crippen molar-refractivity contribution in [1.29, 1.82) is 0 Å². The second-order valence-electron chi connectivity index (χ2n) is 6.54. The Balaban J connectivity index is 0.00000280. The Morgan fingerprint density at radius 1 is 1.14 bits per heavy atom. The van der Waals surface area contributed by atoms with Crippen LogP contribution in [0.25, 0.3) is 0 Å². The molecule has 1 fully saturated rings. The fourth-order valence-electron chi connectivity index (χ4n) is 3.06. The molecule has 3 rings (SSSR count). The summed E-state index contributed by atoms with van der Waals surface area (Å²) < 4.78 is 11.6. The van der Waals surface area contributed by atoms with Gasteiger partial charge < -0.3 is 20.1 Å². The predicted molar refractivity (Wildman–Crippen MR) is 123 cm³/mol. The van der Waals surface area contributed by atoms with E-state index in [9.17, 15) is 0 Å². The van der Waals surface area contributed by atoms with E-state index >= 15 is 0 Å². The second-order valence-corrected chi connectivity index (χ2v) is 6.54. The van der Waals surface area contributed by atoms with Crippen LogP contribution in [0, 0.1) is 0 Å². The average Bonchev–Trinajstić information content (AvgIpc) is 3.21. The standard InChI is InChI=1S/C21H28N4O2.HI/c1-22-21(24-13-14-26-18-7-3-2-4-8-18)25-16-17-11-12-23-20(15-17)27-19-9-5-6-10-19;/h2-4,7-8,11-12,15,19H,5-6,9-10,13-14,16H2,1H3,(H2,22,24,25);1H. The number of halogens is 1. The number of ether oxygens (including phenoxy) is 2. The van der Waals surface area contributed by atoms with Gasteiger partial charge >= 0.3 is 0 Å². The van der Waals surface area contributed by atoms with Crippen LogP contribution in [0.1, 0.15) is 31.2 Å². The molecule has 0 radical (unpaired) electrons. The maximum absolute atomic E-state index is 5.97. The van der Waals surface area contributed by atoms with Gasteiger partial charge in [0, 0.05) is 25.9 Å². The summed E-state index contributed by atoms with van der Waals surface area (Å²) in [6.07, 6.45) is 6.88. The Morgan fingerprint density at radius 3 is 2.68 bits per heavy atom.